The van der Waals surface area contributed by atoms with Crippen LogP contribution >= 0.6 is 0 Å². The Morgan fingerprint density at radius 1 is 0.479 bits per heavy atom. The van der Waals surface area contributed by atoms with Gasteiger partial charge in [0, 0.05) is 27.3 Å². The molecule has 9 aromatic rings. The van der Waals surface area contributed by atoms with Crippen LogP contribution in [0, 0.1) is 0 Å². The van der Waals surface area contributed by atoms with E-state index >= 15 is 0 Å². The van der Waals surface area contributed by atoms with Crippen molar-refractivity contribution < 1.29 is 0 Å². The summed E-state index contributed by atoms with van der Waals surface area (Å²) in [5, 5.41) is 7.68. The van der Waals surface area contributed by atoms with E-state index in [9.17, 15) is 0 Å². The fourth-order valence-corrected chi connectivity index (χ4v) is 8.32. The lowest BCUT2D eigenvalue weighted by molar-refractivity contribution is 0.645. The highest BCUT2D eigenvalue weighted by molar-refractivity contribution is 6.30. The molecule has 2 heterocycles. The van der Waals surface area contributed by atoms with E-state index in [1.165, 1.54) is 65.7 Å². The minimum Gasteiger partial charge on any atom is -0.294 e. The Morgan fingerprint density at radius 3 is 2.00 bits per heavy atom. The summed E-state index contributed by atoms with van der Waals surface area (Å²) in [4.78, 5) is 5.45. The van der Waals surface area contributed by atoms with Crippen LogP contribution in [0.5, 0.6) is 0 Å². The molecule has 0 unspecified atom stereocenters. The third-order valence-corrected chi connectivity index (χ3v) is 10.5. The maximum absolute atomic E-state index is 5.45. The summed E-state index contributed by atoms with van der Waals surface area (Å²) >= 11 is 0. The maximum Gasteiger partial charge on any atom is 0.138 e. The SMILES string of the molecule is CC1(C)c2ccccc2-c2c3c1cccc3cc1c2c2c3ccccc3ccc2n1-c1cc(-c2ccccc2)cc(-c2ccccc2)n1. The largest absolute Gasteiger partial charge is 0.294 e. The second-order valence-corrected chi connectivity index (χ2v) is 13.6. The van der Waals surface area contributed by atoms with Crippen LogP contribution in [0.2, 0.25) is 0 Å². The lowest BCUT2D eigenvalue weighted by Gasteiger charge is -2.35. The number of hydrogen-bond donors (Lipinski definition) is 0. The van der Waals surface area contributed by atoms with Crippen molar-refractivity contribution in [1.29, 1.82) is 0 Å². The van der Waals surface area contributed by atoms with Gasteiger partial charge in [-0.15, -0.1) is 0 Å². The molecule has 0 atom stereocenters. The predicted octanol–water partition coefficient (Wildman–Crippen LogP) is 12.1. The second-order valence-electron chi connectivity index (χ2n) is 13.6. The first kappa shape index (κ1) is 27.2. The molecular weight excluding hydrogens is 581 g/mol. The molecule has 7 aromatic carbocycles. The minimum atomic E-state index is -0.118. The molecule has 0 radical (unpaired) electrons. The Morgan fingerprint density at radius 2 is 1.17 bits per heavy atom. The fraction of sp³-hybridized carbons (Fsp3) is 0.0652. The summed E-state index contributed by atoms with van der Waals surface area (Å²) in [6.45, 7) is 4.74. The topological polar surface area (TPSA) is 17.8 Å². The molecule has 0 aliphatic heterocycles. The zero-order valence-electron chi connectivity index (χ0n) is 26.9. The minimum absolute atomic E-state index is 0.118. The average molecular weight is 613 g/mol. The number of benzene rings is 7. The summed E-state index contributed by atoms with van der Waals surface area (Å²) in [5.74, 6) is 0.914. The monoisotopic (exact) mass is 612 g/mol. The van der Waals surface area contributed by atoms with Gasteiger partial charge in [-0.25, -0.2) is 4.98 Å². The number of hydrogen-bond acceptors (Lipinski definition) is 1. The van der Waals surface area contributed by atoms with Gasteiger partial charge in [-0.2, -0.15) is 0 Å². The molecule has 0 fully saturated rings. The van der Waals surface area contributed by atoms with E-state index in [2.05, 4.69) is 176 Å². The zero-order chi connectivity index (χ0) is 32.0. The van der Waals surface area contributed by atoms with E-state index in [1.807, 2.05) is 0 Å². The van der Waals surface area contributed by atoms with Crippen molar-refractivity contribution in [2.75, 3.05) is 0 Å². The van der Waals surface area contributed by atoms with Gasteiger partial charge in [0.25, 0.3) is 0 Å². The van der Waals surface area contributed by atoms with Crippen molar-refractivity contribution in [3.05, 3.63) is 169 Å². The summed E-state index contributed by atoms with van der Waals surface area (Å²) in [6.07, 6.45) is 0. The van der Waals surface area contributed by atoms with E-state index in [0.717, 1.165) is 28.2 Å². The fourth-order valence-electron chi connectivity index (χ4n) is 8.32. The lowest BCUT2D eigenvalue weighted by Crippen LogP contribution is -2.23. The molecule has 0 saturated heterocycles. The van der Waals surface area contributed by atoms with Crippen LogP contribution in [0.25, 0.3) is 82.7 Å². The van der Waals surface area contributed by atoms with E-state index in [4.69, 9.17) is 4.98 Å². The Kier molecular flexibility index (Phi) is 5.66. The number of pyridine rings is 1. The molecule has 2 nitrogen and oxygen atoms in total. The Labute approximate surface area is 279 Å². The van der Waals surface area contributed by atoms with Crippen molar-refractivity contribution in [2.24, 2.45) is 0 Å². The molecule has 10 rings (SSSR count). The molecule has 48 heavy (non-hydrogen) atoms. The Bertz CT molecular complexity index is 2680. The van der Waals surface area contributed by atoms with Gasteiger partial charge in [0.1, 0.15) is 5.82 Å². The molecule has 226 valence electrons. The molecule has 0 spiro atoms. The standard InChI is InChI=1S/C46H32N2/c1-46(2)36-22-12-11-21-35(36)44-42-32(19-13-23-37(42)46)27-40-45(44)43-34-20-10-9-16-30(34)24-25-39(43)48(40)41-28-33(29-14-5-3-6-15-29)26-38(47-41)31-17-7-4-8-18-31/h3-28H,1-2H3. The summed E-state index contributed by atoms with van der Waals surface area (Å²) in [7, 11) is 0. The van der Waals surface area contributed by atoms with Gasteiger partial charge in [0.2, 0.25) is 0 Å². The summed E-state index contributed by atoms with van der Waals surface area (Å²) in [5.41, 5.74) is 12.0. The summed E-state index contributed by atoms with van der Waals surface area (Å²) < 4.78 is 2.42. The molecule has 1 aliphatic rings. The zero-order valence-corrected chi connectivity index (χ0v) is 26.9. The first-order valence-electron chi connectivity index (χ1n) is 16.7. The third-order valence-electron chi connectivity index (χ3n) is 10.5. The average Bonchev–Trinajstić information content (AvgIpc) is 3.48. The van der Waals surface area contributed by atoms with Gasteiger partial charge >= 0.3 is 0 Å². The highest BCUT2D eigenvalue weighted by Gasteiger charge is 2.35. The number of nitrogens with zero attached hydrogens (tertiary/aromatic N) is 2. The van der Waals surface area contributed by atoms with Crippen LogP contribution in [0.15, 0.2) is 158 Å². The second kappa shape index (κ2) is 10.0. The molecule has 1 aliphatic carbocycles. The smallest absolute Gasteiger partial charge is 0.138 e. The van der Waals surface area contributed by atoms with Crippen molar-refractivity contribution >= 4 is 43.4 Å². The molecular formula is C46H32N2. The number of rotatable bonds is 3. The van der Waals surface area contributed by atoms with Crippen LogP contribution in [0.1, 0.15) is 25.0 Å². The van der Waals surface area contributed by atoms with Crippen LogP contribution in [0.3, 0.4) is 0 Å². The van der Waals surface area contributed by atoms with Crippen molar-refractivity contribution in [3.63, 3.8) is 0 Å². The summed E-state index contributed by atoms with van der Waals surface area (Å²) in [6, 6.07) is 57.4. The quantitative estimate of drug-likeness (QED) is 0.194. The van der Waals surface area contributed by atoms with Crippen molar-refractivity contribution in [2.45, 2.75) is 19.3 Å². The van der Waals surface area contributed by atoms with Gasteiger partial charge in [-0.05, 0) is 73.6 Å². The first-order chi connectivity index (χ1) is 23.6. The van der Waals surface area contributed by atoms with Crippen molar-refractivity contribution in [1.82, 2.24) is 9.55 Å². The number of fused-ring (bicyclic) bond motifs is 8. The van der Waals surface area contributed by atoms with E-state index in [0.29, 0.717) is 0 Å². The van der Waals surface area contributed by atoms with E-state index in [-0.39, 0.29) is 5.41 Å². The van der Waals surface area contributed by atoms with Gasteiger partial charge in [-0.3, -0.25) is 4.57 Å². The molecule has 2 aromatic heterocycles. The number of aromatic nitrogens is 2. The van der Waals surface area contributed by atoms with Gasteiger partial charge < -0.3 is 0 Å². The van der Waals surface area contributed by atoms with Crippen LogP contribution in [-0.2, 0) is 5.41 Å². The molecule has 0 amide bonds. The third kappa shape index (κ3) is 3.77. The highest BCUT2D eigenvalue weighted by Crippen LogP contribution is 2.53. The predicted molar refractivity (Wildman–Crippen MR) is 202 cm³/mol. The van der Waals surface area contributed by atoms with E-state index in [1.54, 1.807) is 0 Å². The van der Waals surface area contributed by atoms with Crippen molar-refractivity contribution in [3.8, 4) is 39.3 Å². The molecule has 0 saturated carbocycles. The maximum atomic E-state index is 5.45. The molecule has 2 heteroatoms. The highest BCUT2D eigenvalue weighted by atomic mass is 15.1. The van der Waals surface area contributed by atoms with Crippen LogP contribution < -0.4 is 0 Å². The lowest BCUT2D eigenvalue weighted by atomic mass is 9.68. The van der Waals surface area contributed by atoms with E-state index < -0.39 is 0 Å². The molecule has 0 N–H and O–H groups in total. The van der Waals surface area contributed by atoms with Crippen LogP contribution in [-0.4, -0.2) is 9.55 Å². The normalized spacial score (nSPS) is 13.4. The Hall–Kier alpha value is -5.99. The van der Waals surface area contributed by atoms with Gasteiger partial charge in [0.05, 0.1) is 16.7 Å². The van der Waals surface area contributed by atoms with Gasteiger partial charge in [-0.1, -0.05) is 147 Å². The first-order valence-corrected chi connectivity index (χ1v) is 16.7. The molecule has 0 bridgehead atoms. The Balaban J connectivity index is 1.43. The van der Waals surface area contributed by atoms with Crippen LogP contribution in [0.4, 0.5) is 0 Å². The van der Waals surface area contributed by atoms with Gasteiger partial charge in [0.15, 0.2) is 0 Å².